The highest BCUT2D eigenvalue weighted by atomic mass is 79.9. The van der Waals surface area contributed by atoms with E-state index in [0.29, 0.717) is 5.82 Å². The first-order valence-corrected chi connectivity index (χ1v) is 30.1. The fourth-order valence-corrected chi connectivity index (χ4v) is 11.5. The van der Waals surface area contributed by atoms with Crippen LogP contribution in [0, 0.1) is 0 Å². The first-order valence-electron chi connectivity index (χ1n) is 29.4. The van der Waals surface area contributed by atoms with E-state index in [1.807, 2.05) is 66.7 Å². The molecule has 13 aromatic rings. The van der Waals surface area contributed by atoms with Crippen LogP contribution >= 0.6 is 15.9 Å². The predicted octanol–water partition coefficient (Wildman–Crippen LogP) is 13.2. The average molecular weight is 1250 g/mol. The molecule has 8 heterocycles. The molecule has 1 aliphatic rings. The second-order valence-electron chi connectivity index (χ2n) is 25.9. The van der Waals surface area contributed by atoms with Gasteiger partial charge in [-0.3, -0.25) is 4.98 Å². The highest BCUT2D eigenvalue weighted by molar-refractivity contribution is 9.10. The van der Waals surface area contributed by atoms with E-state index in [0.717, 1.165) is 106 Å². The van der Waals surface area contributed by atoms with Crippen LogP contribution in [0.1, 0.15) is 90.0 Å². The summed E-state index contributed by atoms with van der Waals surface area (Å²) in [5.74, 6) is 3.07. The zero-order valence-corrected chi connectivity index (χ0v) is 53.8. The number of halogens is 1. The van der Waals surface area contributed by atoms with E-state index >= 15 is 0 Å². The molecule has 0 bridgehead atoms. The second-order valence-corrected chi connectivity index (χ2v) is 26.8. The fraction of sp³-hybridized carbons (Fsp3) is 0.269. The van der Waals surface area contributed by atoms with Crippen molar-refractivity contribution in [2.75, 3.05) is 5.73 Å². The lowest BCUT2D eigenvalue weighted by Crippen LogP contribution is -2.41. The van der Waals surface area contributed by atoms with Crippen molar-refractivity contribution in [1.29, 1.82) is 0 Å². The van der Waals surface area contributed by atoms with E-state index in [2.05, 4.69) is 221 Å². The van der Waals surface area contributed by atoms with E-state index in [4.69, 9.17) is 30.0 Å². The standard InChI is InChI=1S/C25H30BN5O2.C23H22N8.C19H18BrN5/c1-23(2,3)31-21-13-12-17(26-32-24(4,5)25(6,7)33-26)14-19(21)29-22(31)18-10-8-9-11-20(18)30-16-27-15-28-30;1-23(2,3)31-20-9-8-15(18-11-27-21(24)12-26-18)10-17(20)29-22(31)16-6-4-5-7-19(16)30-14-25-13-28-30;1-19(2,3)25-17-9-8-13(20)10-15(17)23-18(25)14-6-4-5-7-16(14)24-12-21-11-22-24/h8-16H,1-7H3;4-14H,1-3H3,(H2,24,27);4-12H,1-3H3. The molecule has 22 heteroatoms. The first-order chi connectivity index (χ1) is 42.3. The van der Waals surface area contributed by atoms with Gasteiger partial charge in [0.05, 0.1) is 79.5 Å². The molecule has 1 fully saturated rings. The minimum atomic E-state index is -0.426. The summed E-state index contributed by atoms with van der Waals surface area (Å²) in [7, 11) is -0.426. The zero-order valence-electron chi connectivity index (χ0n) is 52.2. The monoisotopic (exact) mass is 1250 g/mol. The number of nitrogens with zero attached hydrogens (tertiary/aromatic N) is 17. The Labute approximate surface area is 525 Å². The van der Waals surface area contributed by atoms with Crippen molar-refractivity contribution in [2.24, 2.45) is 0 Å². The fourth-order valence-electron chi connectivity index (χ4n) is 11.2. The van der Waals surface area contributed by atoms with Gasteiger partial charge in [0.2, 0.25) is 0 Å². The number of anilines is 1. The van der Waals surface area contributed by atoms with E-state index in [1.165, 1.54) is 6.33 Å². The number of fused-ring (bicyclic) bond motifs is 3. The average Bonchev–Trinajstić information content (AvgIpc) is 1.91. The summed E-state index contributed by atoms with van der Waals surface area (Å²) in [5.41, 5.74) is 18.8. The number of imidazole rings is 3. The third-order valence-corrected chi connectivity index (χ3v) is 16.4. The largest absolute Gasteiger partial charge is 0.494 e. The summed E-state index contributed by atoms with van der Waals surface area (Å²) < 4.78 is 25.7. The first kappa shape index (κ1) is 59.8. The van der Waals surface area contributed by atoms with Gasteiger partial charge >= 0.3 is 7.12 Å². The Kier molecular flexibility index (Phi) is 15.4. The van der Waals surface area contributed by atoms with Crippen LogP contribution in [0.4, 0.5) is 5.82 Å². The van der Waals surface area contributed by atoms with Crippen molar-refractivity contribution >= 4 is 67.4 Å². The van der Waals surface area contributed by atoms with Gasteiger partial charge < -0.3 is 28.7 Å². The molecule has 0 radical (unpaired) electrons. The molecule has 1 aliphatic heterocycles. The van der Waals surface area contributed by atoms with Gasteiger partial charge in [-0.25, -0.2) is 48.9 Å². The number of nitrogen functional groups attached to an aromatic ring is 1. The van der Waals surface area contributed by atoms with Gasteiger partial charge in [0.25, 0.3) is 0 Å². The van der Waals surface area contributed by atoms with Crippen LogP contribution in [0.3, 0.4) is 0 Å². The maximum Gasteiger partial charge on any atom is 0.494 e. The van der Waals surface area contributed by atoms with Crippen LogP contribution in [0.15, 0.2) is 182 Å². The summed E-state index contributed by atoms with van der Waals surface area (Å²) in [6.45, 7) is 28.0. The Bertz CT molecular complexity index is 4650. The molecule has 0 spiro atoms. The molecule has 89 heavy (non-hydrogen) atoms. The molecule has 0 atom stereocenters. The molecular weight excluding hydrogens is 1180 g/mol. The van der Waals surface area contributed by atoms with Crippen molar-refractivity contribution in [3.63, 3.8) is 0 Å². The van der Waals surface area contributed by atoms with E-state index < -0.39 is 7.12 Å². The summed E-state index contributed by atoms with van der Waals surface area (Å²) in [4.78, 5) is 36.0. The van der Waals surface area contributed by atoms with Gasteiger partial charge in [0.15, 0.2) is 0 Å². The van der Waals surface area contributed by atoms with Gasteiger partial charge in [0, 0.05) is 43.3 Å². The van der Waals surface area contributed by atoms with Crippen LogP contribution in [0.25, 0.3) is 95.6 Å². The smallest absolute Gasteiger partial charge is 0.399 e. The Morgan fingerprint density at radius 1 is 0.461 bits per heavy atom. The van der Waals surface area contributed by atoms with Crippen molar-refractivity contribution in [1.82, 2.24) is 82.9 Å². The maximum absolute atomic E-state index is 6.28. The Morgan fingerprint density at radius 3 is 1.25 bits per heavy atom. The molecule has 450 valence electrons. The molecule has 2 N–H and O–H groups in total. The van der Waals surface area contributed by atoms with Gasteiger partial charge in [-0.1, -0.05) is 64.5 Å². The normalized spacial score (nSPS) is 14.1. The quantitative estimate of drug-likeness (QED) is 0.140. The Hall–Kier alpha value is -9.51. The third kappa shape index (κ3) is 11.7. The topological polar surface area (TPSA) is 216 Å². The van der Waals surface area contributed by atoms with Crippen LogP contribution in [0.2, 0.25) is 0 Å². The molecule has 7 aromatic heterocycles. The molecule has 0 amide bonds. The lowest BCUT2D eigenvalue weighted by Gasteiger charge is -2.32. The number of hydrogen-bond acceptors (Lipinski definition) is 14. The number of aromatic nitrogens is 17. The summed E-state index contributed by atoms with van der Waals surface area (Å²) in [6, 6.07) is 43.0. The molecule has 14 rings (SSSR count). The SMILES string of the molecule is CC(C)(C)n1c(-c2ccccc2-n2cncn2)nc2cc(-c3cnc(N)cn3)ccc21.CC(C)(C)n1c(-c2ccccc2-n2cncn2)nc2cc(B3OC(C)(C)C(C)(C)O3)ccc21.CC(C)(C)n1c(-c2ccccc2-n2cncn2)nc2cc(Br)ccc21. The second kappa shape index (κ2) is 22.9. The molecular formula is C67H70BBrN18O2. The van der Waals surface area contributed by atoms with Gasteiger partial charge in [-0.15, -0.1) is 0 Å². The van der Waals surface area contributed by atoms with Crippen LogP contribution < -0.4 is 11.2 Å². The summed E-state index contributed by atoms with van der Waals surface area (Å²) in [5, 5.41) is 13.0. The van der Waals surface area contributed by atoms with Crippen LogP contribution in [0.5, 0.6) is 0 Å². The third-order valence-electron chi connectivity index (χ3n) is 15.9. The Morgan fingerprint density at radius 2 is 0.854 bits per heavy atom. The van der Waals surface area contributed by atoms with Gasteiger partial charge in [0.1, 0.15) is 61.3 Å². The number of rotatable bonds is 8. The van der Waals surface area contributed by atoms with Crippen molar-refractivity contribution in [3.8, 4) is 62.5 Å². The zero-order chi connectivity index (χ0) is 62.8. The van der Waals surface area contributed by atoms with Gasteiger partial charge in [-0.2, -0.15) is 15.3 Å². The minimum absolute atomic E-state index is 0.118. The number of benzene rings is 6. The number of hydrogen-bond donors (Lipinski definition) is 1. The Balaban J connectivity index is 0.000000131. The molecule has 6 aromatic carbocycles. The molecule has 0 unspecified atom stereocenters. The maximum atomic E-state index is 6.28. The van der Waals surface area contributed by atoms with Crippen molar-refractivity contribution in [2.45, 2.75) is 118 Å². The van der Waals surface area contributed by atoms with E-state index in [9.17, 15) is 0 Å². The van der Waals surface area contributed by atoms with E-state index in [-0.39, 0.29) is 27.8 Å². The van der Waals surface area contributed by atoms with E-state index in [1.54, 1.807) is 58.1 Å². The lowest BCUT2D eigenvalue weighted by atomic mass is 9.79. The summed E-state index contributed by atoms with van der Waals surface area (Å²) in [6.07, 6.45) is 13.0. The minimum Gasteiger partial charge on any atom is -0.399 e. The molecule has 0 aliphatic carbocycles. The predicted molar refractivity (Wildman–Crippen MR) is 354 cm³/mol. The van der Waals surface area contributed by atoms with Crippen LogP contribution in [-0.2, 0) is 25.9 Å². The lowest BCUT2D eigenvalue weighted by molar-refractivity contribution is 0.00578. The van der Waals surface area contributed by atoms with Crippen molar-refractivity contribution < 1.29 is 9.31 Å². The summed E-state index contributed by atoms with van der Waals surface area (Å²) >= 11 is 3.55. The highest BCUT2D eigenvalue weighted by Crippen LogP contribution is 2.40. The van der Waals surface area contributed by atoms with Crippen LogP contribution in [-0.4, -0.2) is 101 Å². The molecule has 1 saturated heterocycles. The van der Waals surface area contributed by atoms with Gasteiger partial charge in [-0.05, 0) is 174 Å². The van der Waals surface area contributed by atoms with Crippen molar-refractivity contribution in [3.05, 3.63) is 182 Å². The highest BCUT2D eigenvalue weighted by Gasteiger charge is 2.52. The molecule has 0 saturated carbocycles. The number of nitrogens with two attached hydrogens (primary N) is 1. The molecule has 20 nitrogen and oxygen atoms in total. The number of para-hydroxylation sites is 3.